The maximum Gasteiger partial charge on any atom is 0 e. The molecule has 0 aliphatic heterocycles. The van der Waals surface area contributed by atoms with E-state index in [1.165, 1.54) is 21.9 Å². The molecule has 3 aromatic rings. The Morgan fingerprint density at radius 1 is 0.579 bits per heavy atom. The molecule has 0 N–H and O–H groups in total. The second-order valence-electron chi connectivity index (χ2n) is 4.45. The number of hydrogen-bond acceptors (Lipinski definition) is 0. The Kier molecular flexibility index (Phi) is 6.35. The van der Waals surface area contributed by atoms with Crippen molar-refractivity contribution in [3.8, 4) is 0 Å². The molecular formula is C18H18Fe. The van der Waals surface area contributed by atoms with E-state index in [0.29, 0.717) is 0 Å². The predicted molar refractivity (Wildman–Crippen MR) is 79.9 cm³/mol. The number of aryl methyl sites for hydroxylation is 2. The number of fused-ring (bicyclic) bond motifs is 1. The van der Waals surface area contributed by atoms with Gasteiger partial charge in [0.2, 0.25) is 0 Å². The predicted octanol–water partition coefficient (Wildman–Crippen LogP) is 5.14. The standard InChI is InChI=1S/C11H10.C7H8.Fe/c1-9-5-4-7-10-6-2-3-8-11(9)10;1-7-5-3-2-4-6-7;/h2-8H,1H3;2-6H,1H3;. The largest absolute Gasteiger partial charge is 0.0622 e. The van der Waals surface area contributed by atoms with Gasteiger partial charge in [0, 0.05) is 17.1 Å². The zero-order valence-electron chi connectivity index (χ0n) is 11.3. The van der Waals surface area contributed by atoms with E-state index in [1.807, 2.05) is 18.2 Å². The molecule has 3 aromatic carbocycles. The zero-order valence-corrected chi connectivity index (χ0v) is 12.4. The van der Waals surface area contributed by atoms with Gasteiger partial charge in [-0.15, -0.1) is 0 Å². The Labute approximate surface area is 126 Å². The summed E-state index contributed by atoms with van der Waals surface area (Å²) in [5.41, 5.74) is 2.67. The van der Waals surface area contributed by atoms with Crippen molar-refractivity contribution in [2.75, 3.05) is 0 Å². The summed E-state index contributed by atoms with van der Waals surface area (Å²) < 4.78 is 0. The van der Waals surface area contributed by atoms with E-state index in [1.54, 1.807) is 0 Å². The Morgan fingerprint density at radius 2 is 1.16 bits per heavy atom. The normalized spacial score (nSPS) is 9.16. The Hall–Kier alpha value is -1.56. The van der Waals surface area contributed by atoms with Crippen LogP contribution in [0.4, 0.5) is 0 Å². The zero-order chi connectivity index (χ0) is 12.8. The van der Waals surface area contributed by atoms with E-state index >= 15 is 0 Å². The van der Waals surface area contributed by atoms with E-state index in [4.69, 9.17) is 0 Å². The van der Waals surface area contributed by atoms with Gasteiger partial charge in [0.25, 0.3) is 0 Å². The van der Waals surface area contributed by atoms with E-state index in [9.17, 15) is 0 Å². The van der Waals surface area contributed by atoms with E-state index < -0.39 is 0 Å². The molecule has 0 aromatic heterocycles. The first kappa shape index (κ1) is 15.5. The maximum atomic E-state index is 2.16. The Morgan fingerprint density at radius 3 is 1.74 bits per heavy atom. The molecule has 0 aliphatic carbocycles. The second kappa shape index (κ2) is 7.78. The first-order valence-corrected chi connectivity index (χ1v) is 6.23. The molecule has 0 aliphatic rings. The average molecular weight is 290 g/mol. The quantitative estimate of drug-likeness (QED) is 0.503. The van der Waals surface area contributed by atoms with Crippen LogP contribution in [0.15, 0.2) is 72.8 Å². The molecule has 0 saturated heterocycles. The molecule has 0 heterocycles. The van der Waals surface area contributed by atoms with E-state index in [2.05, 4.69) is 68.4 Å². The fourth-order valence-electron chi connectivity index (χ4n) is 1.92. The monoisotopic (exact) mass is 290 g/mol. The summed E-state index contributed by atoms with van der Waals surface area (Å²) in [5.74, 6) is 0. The summed E-state index contributed by atoms with van der Waals surface area (Å²) in [7, 11) is 0. The Bertz CT molecular complexity index is 609. The van der Waals surface area contributed by atoms with Crippen LogP contribution in [0.3, 0.4) is 0 Å². The molecule has 98 valence electrons. The van der Waals surface area contributed by atoms with Crippen LogP contribution in [0.1, 0.15) is 11.1 Å². The van der Waals surface area contributed by atoms with Gasteiger partial charge in [0.05, 0.1) is 0 Å². The molecule has 0 spiro atoms. The number of hydrogen-bond donors (Lipinski definition) is 0. The molecule has 19 heavy (non-hydrogen) atoms. The van der Waals surface area contributed by atoms with Gasteiger partial charge >= 0.3 is 0 Å². The third-order valence-electron chi connectivity index (χ3n) is 2.95. The Balaban J connectivity index is 0.000000198. The van der Waals surface area contributed by atoms with Crippen molar-refractivity contribution in [3.63, 3.8) is 0 Å². The van der Waals surface area contributed by atoms with Crippen LogP contribution < -0.4 is 0 Å². The van der Waals surface area contributed by atoms with Crippen LogP contribution in [-0.2, 0) is 17.1 Å². The van der Waals surface area contributed by atoms with Crippen molar-refractivity contribution in [1.29, 1.82) is 0 Å². The minimum absolute atomic E-state index is 0. The minimum atomic E-state index is 0. The summed E-state index contributed by atoms with van der Waals surface area (Å²) in [6.45, 7) is 4.22. The van der Waals surface area contributed by atoms with Crippen LogP contribution in [0, 0.1) is 13.8 Å². The van der Waals surface area contributed by atoms with Gasteiger partial charge in [-0.05, 0) is 30.2 Å². The summed E-state index contributed by atoms with van der Waals surface area (Å²) >= 11 is 0. The van der Waals surface area contributed by atoms with Crippen molar-refractivity contribution in [3.05, 3.63) is 83.9 Å². The van der Waals surface area contributed by atoms with Gasteiger partial charge < -0.3 is 0 Å². The summed E-state index contributed by atoms with van der Waals surface area (Å²) in [4.78, 5) is 0. The van der Waals surface area contributed by atoms with E-state index in [0.717, 1.165) is 0 Å². The molecule has 0 radical (unpaired) electrons. The van der Waals surface area contributed by atoms with Crippen molar-refractivity contribution in [2.45, 2.75) is 13.8 Å². The maximum absolute atomic E-state index is 2.16. The van der Waals surface area contributed by atoms with Crippen molar-refractivity contribution in [2.24, 2.45) is 0 Å². The second-order valence-corrected chi connectivity index (χ2v) is 4.45. The first-order chi connectivity index (χ1) is 8.77. The molecule has 0 atom stereocenters. The molecule has 0 saturated carbocycles. The molecule has 0 unspecified atom stereocenters. The number of benzene rings is 3. The summed E-state index contributed by atoms with van der Waals surface area (Å²) in [6.07, 6.45) is 0. The third kappa shape index (κ3) is 4.55. The minimum Gasteiger partial charge on any atom is -0.0622 e. The van der Waals surface area contributed by atoms with Crippen LogP contribution in [0.5, 0.6) is 0 Å². The van der Waals surface area contributed by atoms with Crippen molar-refractivity contribution >= 4 is 10.8 Å². The molecule has 0 amide bonds. The molecule has 0 fully saturated rings. The van der Waals surface area contributed by atoms with E-state index in [-0.39, 0.29) is 17.1 Å². The fraction of sp³-hybridized carbons (Fsp3) is 0.111. The van der Waals surface area contributed by atoms with Crippen LogP contribution >= 0.6 is 0 Å². The smallest absolute Gasteiger partial charge is 0 e. The number of rotatable bonds is 0. The van der Waals surface area contributed by atoms with Crippen molar-refractivity contribution in [1.82, 2.24) is 0 Å². The summed E-state index contributed by atoms with van der Waals surface area (Å²) in [5, 5.41) is 2.68. The van der Waals surface area contributed by atoms with Crippen molar-refractivity contribution < 1.29 is 17.1 Å². The van der Waals surface area contributed by atoms with Crippen LogP contribution in [-0.4, -0.2) is 0 Å². The van der Waals surface area contributed by atoms with Crippen LogP contribution in [0.2, 0.25) is 0 Å². The first-order valence-electron chi connectivity index (χ1n) is 6.23. The van der Waals surface area contributed by atoms with Gasteiger partial charge in [0.1, 0.15) is 0 Å². The molecule has 1 heteroatoms. The van der Waals surface area contributed by atoms with Gasteiger partial charge in [-0.2, -0.15) is 0 Å². The van der Waals surface area contributed by atoms with Gasteiger partial charge in [-0.1, -0.05) is 78.4 Å². The molecular weight excluding hydrogens is 272 g/mol. The van der Waals surface area contributed by atoms with Crippen LogP contribution in [0.25, 0.3) is 10.8 Å². The molecule has 3 rings (SSSR count). The van der Waals surface area contributed by atoms with Gasteiger partial charge in [-0.3, -0.25) is 0 Å². The molecule has 0 bridgehead atoms. The topological polar surface area (TPSA) is 0 Å². The average Bonchev–Trinajstić information content (AvgIpc) is 2.41. The third-order valence-corrected chi connectivity index (χ3v) is 2.95. The van der Waals surface area contributed by atoms with Gasteiger partial charge in [0.15, 0.2) is 0 Å². The SMILES string of the molecule is Cc1cccc2ccccc12.Cc1ccccc1.[Fe]. The molecule has 0 nitrogen and oxygen atoms in total. The summed E-state index contributed by atoms with van der Waals surface area (Å²) in [6, 6.07) is 25.1. The fourth-order valence-corrected chi connectivity index (χ4v) is 1.92. The van der Waals surface area contributed by atoms with Gasteiger partial charge in [-0.25, -0.2) is 0 Å².